The molecule has 6 heteroatoms. The number of benzene rings is 2. The average molecular weight is 340 g/mol. The van der Waals surface area contributed by atoms with Crippen LogP contribution in [0.15, 0.2) is 42.5 Å². The molecular weight excluding hydrogens is 318 g/mol. The van der Waals surface area contributed by atoms with Gasteiger partial charge < -0.3 is 14.2 Å². The molecule has 0 spiro atoms. The average Bonchev–Trinajstić information content (AvgIpc) is 2.60. The van der Waals surface area contributed by atoms with Crippen LogP contribution in [-0.2, 0) is 0 Å². The van der Waals surface area contributed by atoms with Crippen molar-refractivity contribution in [3.05, 3.63) is 48.0 Å². The Labute approximate surface area is 156 Å². The molecule has 0 heterocycles. The van der Waals surface area contributed by atoms with Crippen molar-refractivity contribution in [1.29, 1.82) is 0 Å². The van der Waals surface area contributed by atoms with Crippen LogP contribution in [0, 0.1) is 0 Å². The molecule has 1 atom stereocenters. The summed E-state index contributed by atoms with van der Waals surface area (Å²) >= 11 is 0. The molecule has 2 aromatic rings. The van der Waals surface area contributed by atoms with Crippen LogP contribution in [0.2, 0.25) is 0 Å². The third-order valence-corrected chi connectivity index (χ3v) is 4.34. The van der Waals surface area contributed by atoms with Crippen LogP contribution in [0.4, 0.5) is 0 Å². The van der Waals surface area contributed by atoms with Gasteiger partial charge in [0.1, 0.15) is 22.8 Å². The second-order valence-corrected chi connectivity index (χ2v) is 6.15. The van der Waals surface area contributed by atoms with Crippen LogP contribution < -0.4 is 19.5 Å². The standard InChI is InChI=1S/C18H21O4P.Li.H/c1-4-12-22-13-8-10-14(11-9-13)23-18(19)17-15(20-2)6-5-7-16(17)21-3;;/h5-11,23H,4,12H2,1-3H3;;. The molecule has 4 nitrogen and oxygen atoms in total. The Morgan fingerprint density at radius 1 is 1.00 bits per heavy atom. The molecule has 0 radical (unpaired) electrons. The summed E-state index contributed by atoms with van der Waals surface area (Å²) < 4.78 is 16.1. The van der Waals surface area contributed by atoms with Crippen molar-refractivity contribution in [2.75, 3.05) is 20.8 Å². The number of ether oxygens (including phenoxy) is 3. The molecule has 0 saturated heterocycles. The Balaban J connectivity index is 0.00000288. The van der Waals surface area contributed by atoms with Gasteiger partial charge in [0.2, 0.25) is 0 Å². The summed E-state index contributed by atoms with van der Waals surface area (Å²) in [7, 11) is 3.10. The van der Waals surface area contributed by atoms with E-state index in [2.05, 4.69) is 6.92 Å². The minimum absolute atomic E-state index is 0. The third kappa shape index (κ3) is 5.28. The van der Waals surface area contributed by atoms with Crippen molar-refractivity contribution in [2.45, 2.75) is 13.3 Å². The van der Waals surface area contributed by atoms with E-state index in [1.807, 2.05) is 24.3 Å². The summed E-state index contributed by atoms with van der Waals surface area (Å²) in [5.74, 6) is 1.89. The summed E-state index contributed by atoms with van der Waals surface area (Å²) in [6, 6.07) is 13.0. The van der Waals surface area contributed by atoms with Gasteiger partial charge in [-0.05, 0) is 44.6 Å². The van der Waals surface area contributed by atoms with Crippen molar-refractivity contribution in [3.8, 4) is 17.2 Å². The summed E-state index contributed by atoms with van der Waals surface area (Å²) in [6.45, 7) is 2.76. The third-order valence-electron chi connectivity index (χ3n) is 3.24. The Kier molecular flexibility index (Phi) is 8.93. The van der Waals surface area contributed by atoms with Crippen molar-refractivity contribution in [2.24, 2.45) is 0 Å². The van der Waals surface area contributed by atoms with Gasteiger partial charge in [-0.3, -0.25) is 4.79 Å². The zero-order valence-electron chi connectivity index (χ0n) is 13.6. The zero-order chi connectivity index (χ0) is 16.7. The zero-order valence-corrected chi connectivity index (χ0v) is 14.6. The van der Waals surface area contributed by atoms with Gasteiger partial charge in [-0.25, -0.2) is 0 Å². The van der Waals surface area contributed by atoms with E-state index in [1.165, 1.54) is 0 Å². The molecule has 2 rings (SSSR count). The van der Waals surface area contributed by atoms with Gasteiger partial charge in [-0.15, -0.1) is 0 Å². The van der Waals surface area contributed by atoms with Crippen molar-refractivity contribution >= 4 is 38.3 Å². The van der Waals surface area contributed by atoms with Crippen LogP contribution in [0.3, 0.4) is 0 Å². The monoisotopic (exact) mass is 340 g/mol. The fraction of sp³-hybridized carbons (Fsp3) is 0.278. The van der Waals surface area contributed by atoms with Gasteiger partial charge in [-0.1, -0.05) is 25.1 Å². The van der Waals surface area contributed by atoms with E-state index in [4.69, 9.17) is 14.2 Å². The molecule has 124 valence electrons. The van der Waals surface area contributed by atoms with Crippen LogP contribution in [0.5, 0.6) is 17.2 Å². The van der Waals surface area contributed by atoms with Crippen LogP contribution in [-0.4, -0.2) is 45.2 Å². The van der Waals surface area contributed by atoms with Crippen LogP contribution in [0.1, 0.15) is 23.7 Å². The molecule has 0 aromatic heterocycles. The minimum atomic E-state index is -0.0125. The maximum absolute atomic E-state index is 12.7. The fourth-order valence-corrected chi connectivity index (χ4v) is 3.09. The summed E-state index contributed by atoms with van der Waals surface area (Å²) in [6.07, 6.45) is 0.968. The van der Waals surface area contributed by atoms with Crippen molar-refractivity contribution in [1.82, 2.24) is 0 Å². The predicted molar refractivity (Wildman–Crippen MR) is 101 cm³/mol. The Morgan fingerprint density at radius 3 is 2.08 bits per heavy atom. The molecule has 0 N–H and O–H groups in total. The number of methoxy groups -OCH3 is 2. The normalized spacial score (nSPS) is 10.3. The number of carbonyl (C=O) groups is 1. The molecule has 0 aliphatic heterocycles. The summed E-state index contributed by atoms with van der Waals surface area (Å²) in [4.78, 5) is 12.7. The first-order chi connectivity index (χ1) is 11.2. The van der Waals surface area contributed by atoms with Crippen LogP contribution >= 0.6 is 8.58 Å². The van der Waals surface area contributed by atoms with Gasteiger partial charge in [0.05, 0.1) is 20.8 Å². The van der Waals surface area contributed by atoms with Gasteiger partial charge in [0, 0.05) is 0 Å². The molecule has 0 fully saturated rings. The molecule has 0 aliphatic carbocycles. The van der Waals surface area contributed by atoms with E-state index in [9.17, 15) is 4.79 Å². The van der Waals surface area contributed by atoms with Crippen molar-refractivity contribution in [3.63, 3.8) is 0 Å². The summed E-state index contributed by atoms with van der Waals surface area (Å²) in [5.41, 5.74) is 0.476. The molecule has 0 bridgehead atoms. The molecule has 0 aliphatic rings. The SMILES string of the molecule is CCCOc1ccc(PC(=O)c2c(OC)cccc2OC)cc1.[LiH]. The fourth-order valence-electron chi connectivity index (χ4n) is 2.12. The first-order valence-electron chi connectivity index (χ1n) is 7.44. The molecule has 2 aromatic carbocycles. The molecular formula is C18H22LiO4P. The first kappa shape index (κ1) is 20.6. The van der Waals surface area contributed by atoms with Crippen molar-refractivity contribution < 1.29 is 19.0 Å². The predicted octanol–water partition coefficient (Wildman–Crippen LogP) is 2.99. The molecule has 0 amide bonds. The number of carbonyl (C=O) groups excluding carboxylic acids is 1. The van der Waals surface area contributed by atoms with E-state index in [0.717, 1.165) is 17.5 Å². The Hall–Kier alpha value is -1.46. The Bertz CT molecular complexity index is 636. The number of rotatable bonds is 8. The van der Waals surface area contributed by atoms with E-state index >= 15 is 0 Å². The molecule has 24 heavy (non-hydrogen) atoms. The topological polar surface area (TPSA) is 44.8 Å². The van der Waals surface area contributed by atoms with Gasteiger partial charge >= 0.3 is 18.9 Å². The second-order valence-electron chi connectivity index (χ2n) is 4.86. The molecule has 1 unspecified atom stereocenters. The number of hydrogen-bond acceptors (Lipinski definition) is 4. The van der Waals surface area contributed by atoms with E-state index in [1.54, 1.807) is 32.4 Å². The maximum atomic E-state index is 12.7. The van der Waals surface area contributed by atoms with Gasteiger partial charge in [0.15, 0.2) is 5.52 Å². The van der Waals surface area contributed by atoms with Gasteiger partial charge in [-0.2, -0.15) is 0 Å². The number of hydrogen-bond donors (Lipinski definition) is 0. The molecule has 0 saturated carbocycles. The Morgan fingerprint density at radius 2 is 1.58 bits per heavy atom. The first-order valence-corrected chi connectivity index (χ1v) is 8.44. The van der Waals surface area contributed by atoms with Gasteiger partial charge in [0.25, 0.3) is 0 Å². The van der Waals surface area contributed by atoms with Crippen LogP contribution in [0.25, 0.3) is 0 Å². The van der Waals surface area contributed by atoms with E-state index in [-0.39, 0.29) is 33.0 Å². The second kappa shape index (κ2) is 10.4. The van der Waals surface area contributed by atoms with E-state index in [0.29, 0.717) is 23.7 Å². The van der Waals surface area contributed by atoms with E-state index < -0.39 is 0 Å². The quantitative estimate of drug-likeness (QED) is 0.547. The summed E-state index contributed by atoms with van der Waals surface area (Å²) in [5, 5.41) is 0.951.